The molecule has 1 rings (SSSR count). The molecule has 0 aliphatic heterocycles. The van der Waals surface area contributed by atoms with Crippen molar-refractivity contribution in [2.75, 3.05) is 25.1 Å². The summed E-state index contributed by atoms with van der Waals surface area (Å²) in [4.78, 5) is 0. The van der Waals surface area contributed by atoms with Crippen LogP contribution in [0.1, 0.15) is 20.8 Å². The van der Waals surface area contributed by atoms with E-state index in [1.165, 1.54) is 6.07 Å². The lowest BCUT2D eigenvalue weighted by atomic mass is 10.3. The number of halogens is 1. The van der Waals surface area contributed by atoms with Gasteiger partial charge in [-0.15, -0.1) is 0 Å². The Bertz CT molecular complexity index is 342. The molecule has 1 aromatic carbocycles. The summed E-state index contributed by atoms with van der Waals surface area (Å²) in [5.74, 6) is -0.0573. The molecule has 1 aromatic rings. The molecule has 0 aliphatic carbocycles. The minimum Gasteiger partial charge on any atom is -0.491 e. The zero-order valence-electron chi connectivity index (χ0n) is 10.6. The second kappa shape index (κ2) is 7.12. The second-order valence-electron chi connectivity index (χ2n) is 3.92. The van der Waals surface area contributed by atoms with Gasteiger partial charge in [-0.3, -0.25) is 0 Å². The Balaban J connectivity index is 2.41. The predicted octanol–water partition coefficient (Wildman–Crippen LogP) is 3.06. The van der Waals surface area contributed by atoms with Crippen molar-refractivity contribution in [2.45, 2.75) is 26.9 Å². The zero-order valence-corrected chi connectivity index (χ0v) is 10.6. The molecular formula is C13H20FNO2. The van der Waals surface area contributed by atoms with Crippen molar-refractivity contribution in [1.29, 1.82) is 0 Å². The number of anilines is 1. The number of benzene rings is 1. The van der Waals surface area contributed by atoms with E-state index in [2.05, 4.69) is 5.32 Å². The van der Waals surface area contributed by atoms with Gasteiger partial charge in [-0.2, -0.15) is 0 Å². The molecule has 0 atom stereocenters. The van der Waals surface area contributed by atoms with E-state index in [4.69, 9.17) is 9.47 Å². The summed E-state index contributed by atoms with van der Waals surface area (Å²) in [6.45, 7) is 7.52. The average Bonchev–Trinajstić information content (AvgIpc) is 2.28. The summed E-state index contributed by atoms with van der Waals surface area (Å²) < 4.78 is 24.0. The molecule has 0 saturated carbocycles. The molecule has 0 saturated heterocycles. The summed E-state index contributed by atoms with van der Waals surface area (Å²) >= 11 is 0. The van der Waals surface area contributed by atoms with Crippen molar-refractivity contribution in [1.82, 2.24) is 0 Å². The third-order valence-electron chi connectivity index (χ3n) is 2.11. The van der Waals surface area contributed by atoms with Gasteiger partial charge in [0.25, 0.3) is 0 Å². The van der Waals surface area contributed by atoms with Crippen molar-refractivity contribution >= 4 is 5.69 Å². The van der Waals surface area contributed by atoms with Crippen LogP contribution in [-0.2, 0) is 4.74 Å². The number of ether oxygens (including phenoxy) is 2. The van der Waals surface area contributed by atoms with Gasteiger partial charge in [-0.05, 0) is 32.9 Å². The Morgan fingerprint density at radius 3 is 2.71 bits per heavy atom. The fourth-order valence-corrected chi connectivity index (χ4v) is 1.37. The van der Waals surface area contributed by atoms with Gasteiger partial charge in [0.1, 0.15) is 0 Å². The van der Waals surface area contributed by atoms with Crippen molar-refractivity contribution < 1.29 is 13.9 Å². The summed E-state index contributed by atoms with van der Waals surface area (Å²) in [5.41, 5.74) is 0.735. The molecule has 0 heterocycles. The first-order valence-electron chi connectivity index (χ1n) is 5.91. The van der Waals surface area contributed by atoms with Crippen LogP contribution in [0.25, 0.3) is 0 Å². The SMILES string of the molecule is CCOc1ccc(NCCOC(C)C)cc1F. The van der Waals surface area contributed by atoms with Crippen molar-refractivity contribution in [2.24, 2.45) is 0 Å². The molecule has 4 heteroatoms. The van der Waals surface area contributed by atoms with Crippen LogP contribution in [0.5, 0.6) is 5.75 Å². The van der Waals surface area contributed by atoms with Crippen molar-refractivity contribution in [3.8, 4) is 5.75 Å². The molecule has 0 fully saturated rings. The van der Waals surface area contributed by atoms with Crippen molar-refractivity contribution in [3.05, 3.63) is 24.0 Å². The van der Waals surface area contributed by atoms with Crippen LogP contribution in [0.2, 0.25) is 0 Å². The van der Waals surface area contributed by atoms with Crippen LogP contribution in [0.3, 0.4) is 0 Å². The molecule has 1 N–H and O–H groups in total. The summed E-state index contributed by atoms with van der Waals surface area (Å²) in [7, 11) is 0. The largest absolute Gasteiger partial charge is 0.491 e. The quantitative estimate of drug-likeness (QED) is 0.744. The van der Waals surface area contributed by atoms with Crippen LogP contribution in [-0.4, -0.2) is 25.9 Å². The van der Waals surface area contributed by atoms with Crippen LogP contribution >= 0.6 is 0 Å². The van der Waals surface area contributed by atoms with Gasteiger partial charge in [0.2, 0.25) is 0 Å². The first kappa shape index (κ1) is 13.8. The molecular weight excluding hydrogens is 221 g/mol. The molecule has 0 bridgehead atoms. The normalized spacial score (nSPS) is 10.6. The molecule has 3 nitrogen and oxygen atoms in total. The molecule has 96 valence electrons. The second-order valence-corrected chi connectivity index (χ2v) is 3.92. The smallest absolute Gasteiger partial charge is 0.167 e. The van der Waals surface area contributed by atoms with Gasteiger partial charge in [0.05, 0.1) is 19.3 Å². The maximum absolute atomic E-state index is 13.5. The van der Waals surface area contributed by atoms with Crippen LogP contribution in [0.4, 0.5) is 10.1 Å². The summed E-state index contributed by atoms with van der Waals surface area (Å²) in [5, 5.41) is 3.09. The Morgan fingerprint density at radius 1 is 1.35 bits per heavy atom. The Hall–Kier alpha value is -1.29. The van der Waals surface area contributed by atoms with E-state index < -0.39 is 0 Å². The Labute approximate surface area is 102 Å². The molecule has 0 radical (unpaired) electrons. The lowest BCUT2D eigenvalue weighted by Crippen LogP contribution is -2.13. The third-order valence-corrected chi connectivity index (χ3v) is 2.11. The predicted molar refractivity (Wildman–Crippen MR) is 67.1 cm³/mol. The van der Waals surface area contributed by atoms with Crippen LogP contribution in [0.15, 0.2) is 18.2 Å². The van der Waals surface area contributed by atoms with E-state index in [1.807, 2.05) is 20.8 Å². The molecule has 17 heavy (non-hydrogen) atoms. The van der Waals surface area contributed by atoms with E-state index in [-0.39, 0.29) is 17.7 Å². The van der Waals surface area contributed by atoms with Crippen molar-refractivity contribution in [3.63, 3.8) is 0 Å². The highest BCUT2D eigenvalue weighted by Crippen LogP contribution is 2.20. The highest BCUT2D eigenvalue weighted by atomic mass is 19.1. The number of hydrogen-bond acceptors (Lipinski definition) is 3. The summed E-state index contributed by atoms with van der Waals surface area (Å²) in [6.07, 6.45) is 0.217. The number of nitrogens with one attached hydrogen (secondary N) is 1. The molecule has 0 aromatic heterocycles. The van der Waals surface area contributed by atoms with Gasteiger partial charge in [-0.1, -0.05) is 0 Å². The minimum absolute atomic E-state index is 0.217. The number of hydrogen-bond donors (Lipinski definition) is 1. The van der Waals surface area contributed by atoms with E-state index in [0.717, 1.165) is 5.69 Å². The lowest BCUT2D eigenvalue weighted by molar-refractivity contribution is 0.0870. The average molecular weight is 241 g/mol. The van der Waals surface area contributed by atoms with E-state index in [1.54, 1.807) is 12.1 Å². The van der Waals surface area contributed by atoms with Crippen LogP contribution in [0, 0.1) is 5.82 Å². The minimum atomic E-state index is -0.346. The van der Waals surface area contributed by atoms with E-state index >= 15 is 0 Å². The summed E-state index contributed by atoms with van der Waals surface area (Å²) in [6, 6.07) is 4.86. The Kier molecular flexibility index (Phi) is 5.77. The fourth-order valence-electron chi connectivity index (χ4n) is 1.37. The van der Waals surface area contributed by atoms with E-state index in [0.29, 0.717) is 19.8 Å². The molecule has 0 amide bonds. The maximum Gasteiger partial charge on any atom is 0.167 e. The maximum atomic E-state index is 13.5. The first-order chi connectivity index (χ1) is 8.13. The van der Waals surface area contributed by atoms with E-state index in [9.17, 15) is 4.39 Å². The topological polar surface area (TPSA) is 30.5 Å². The standard InChI is InChI=1S/C13H20FNO2/c1-4-16-13-6-5-11(9-12(13)14)15-7-8-17-10(2)3/h5-6,9-10,15H,4,7-8H2,1-3H3. The Morgan fingerprint density at radius 2 is 2.12 bits per heavy atom. The zero-order chi connectivity index (χ0) is 12.7. The molecule has 0 spiro atoms. The highest BCUT2D eigenvalue weighted by molar-refractivity contribution is 5.47. The molecule has 0 aliphatic rings. The fraction of sp³-hybridized carbons (Fsp3) is 0.538. The van der Waals surface area contributed by atoms with Gasteiger partial charge in [-0.25, -0.2) is 4.39 Å². The van der Waals surface area contributed by atoms with Gasteiger partial charge >= 0.3 is 0 Å². The van der Waals surface area contributed by atoms with Gasteiger partial charge in [0.15, 0.2) is 11.6 Å². The first-order valence-corrected chi connectivity index (χ1v) is 5.91. The van der Waals surface area contributed by atoms with Crippen LogP contribution < -0.4 is 10.1 Å². The molecule has 0 unspecified atom stereocenters. The highest BCUT2D eigenvalue weighted by Gasteiger charge is 2.03. The number of rotatable bonds is 7. The van der Waals surface area contributed by atoms with Gasteiger partial charge < -0.3 is 14.8 Å². The third kappa shape index (κ3) is 5.04. The van der Waals surface area contributed by atoms with Gasteiger partial charge in [0, 0.05) is 18.3 Å². The lowest BCUT2D eigenvalue weighted by Gasteiger charge is -2.10. The monoisotopic (exact) mass is 241 g/mol.